The van der Waals surface area contributed by atoms with Crippen molar-refractivity contribution < 1.29 is 4.79 Å². The number of carbonyl (C=O) groups excluding carboxylic acids is 1. The Bertz CT molecular complexity index is 734. The Morgan fingerprint density at radius 1 is 1.16 bits per heavy atom. The summed E-state index contributed by atoms with van der Waals surface area (Å²) in [5.41, 5.74) is 7.66. The van der Waals surface area contributed by atoms with Gasteiger partial charge >= 0.3 is 0 Å². The SMILES string of the molecule is NC(=O)Cn1c(-c2ccccc2)nc2cccnc21. The molecule has 2 heterocycles. The van der Waals surface area contributed by atoms with Crippen LogP contribution in [-0.4, -0.2) is 20.4 Å². The molecule has 2 N–H and O–H groups in total. The van der Waals surface area contributed by atoms with Gasteiger partial charge in [-0.15, -0.1) is 0 Å². The third-order valence-corrected chi connectivity index (χ3v) is 2.85. The minimum absolute atomic E-state index is 0.0672. The Hall–Kier alpha value is -2.69. The lowest BCUT2D eigenvalue weighted by Crippen LogP contribution is -2.19. The molecule has 0 unspecified atom stereocenters. The maximum absolute atomic E-state index is 11.2. The zero-order valence-corrected chi connectivity index (χ0v) is 10.2. The molecular weight excluding hydrogens is 240 g/mol. The van der Waals surface area contributed by atoms with Gasteiger partial charge < -0.3 is 5.73 Å². The first-order valence-electron chi connectivity index (χ1n) is 5.90. The summed E-state index contributed by atoms with van der Waals surface area (Å²) in [5.74, 6) is 0.287. The van der Waals surface area contributed by atoms with E-state index in [1.54, 1.807) is 10.8 Å². The number of pyridine rings is 1. The minimum Gasteiger partial charge on any atom is -0.368 e. The molecule has 1 amide bonds. The Kier molecular flexibility index (Phi) is 2.72. The van der Waals surface area contributed by atoms with Gasteiger partial charge in [-0.3, -0.25) is 9.36 Å². The second kappa shape index (κ2) is 4.53. The van der Waals surface area contributed by atoms with Crippen molar-refractivity contribution in [3.05, 3.63) is 48.7 Å². The van der Waals surface area contributed by atoms with Gasteiger partial charge in [-0.05, 0) is 12.1 Å². The molecule has 3 rings (SSSR count). The molecule has 94 valence electrons. The Balaban J connectivity index is 2.26. The van der Waals surface area contributed by atoms with E-state index in [0.29, 0.717) is 11.5 Å². The van der Waals surface area contributed by atoms with Crippen LogP contribution in [0.5, 0.6) is 0 Å². The van der Waals surface area contributed by atoms with Crippen LogP contribution in [0.2, 0.25) is 0 Å². The highest BCUT2D eigenvalue weighted by Crippen LogP contribution is 2.22. The Morgan fingerprint density at radius 3 is 2.68 bits per heavy atom. The van der Waals surface area contributed by atoms with Crippen molar-refractivity contribution >= 4 is 17.1 Å². The second-order valence-corrected chi connectivity index (χ2v) is 4.20. The lowest BCUT2D eigenvalue weighted by Gasteiger charge is -2.05. The molecule has 0 aliphatic heterocycles. The van der Waals surface area contributed by atoms with Crippen molar-refractivity contribution in [3.8, 4) is 11.4 Å². The van der Waals surface area contributed by atoms with E-state index >= 15 is 0 Å². The quantitative estimate of drug-likeness (QED) is 0.769. The highest BCUT2D eigenvalue weighted by molar-refractivity contribution is 5.81. The summed E-state index contributed by atoms with van der Waals surface area (Å²) in [6.45, 7) is 0.0672. The van der Waals surface area contributed by atoms with Crippen LogP contribution in [0, 0.1) is 0 Å². The lowest BCUT2D eigenvalue weighted by atomic mass is 10.2. The van der Waals surface area contributed by atoms with Crippen LogP contribution >= 0.6 is 0 Å². The average molecular weight is 252 g/mol. The number of nitrogens with zero attached hydrogens (tertiary/aromatic N) is 3. The third kappa shape index (κ3) is 2.06. The molecule has 1 aromatic carbocycles. The Labute approximate surface area is 109 Å². The van der Waals surface area contributed by atoms with Gasteiger partial charge in [-0.25, -0.2) is 9.97 Å². The fourth-order valence-electron chi connectivity index (χ4n) is 2.07. The largest absolute Gasteiger partial charge is 0.368 e. The van der Waals surface area contributed by atoms with Crippen molar-refractivity contribution in [1.82, 2.24) is 14.5 Å². The summed E-state index contributed by atoms with van der Waals surface area (Å²) in [6, 6.07) is 13.4. The van der Waals surface area contributed by atoms with Crippen molar-refractivity contribution in [1.29, 1.82) is 0 Å². The number of nitrogens with two attached hydrogens (primary N) is 1. The van der Waals surface area contributed by atoms with Crippen LogP contribution in [0.1, 0.15) is 0 Å². The molecule has 2 aromatic heterocycles. The second-order valence-electron chi connectivity index (χ2n) is 4.20. The predicted molar refractivity (Wildman–Crippen MR) is 72.2 cm³/mol. The number of aromatic nitrogens is 3. The number of rotatable bonds is 3. The van der Waals surface area contributed by atoms with E-state index in [4.69, 9.17) is 5.73 Å². The zero-order chi connectivity index (χ0) is 13.2. The molecule has 3 aromatic rings. The molecule has 0 radical (unpaired) electrons. The van der Waals surface area contributed by atoms with Gasteiger partial charge in [-0.2, -0.15) is 0 Å². The summed E-state index contributed by atoms with van der Waals surface area (Å²) in [6.07, 6.45) is 1.68. The van der Waals surface area contributed by atoms with E-state index < -0.39 is 5.91 Å². The van der Waals surface area contributed by atoms with Crippen molar-refractivity contribution in [2.24, 2.45) is 5.73 Å². The normalized spacial score (nSPS) is 10.7. The molecule has 5 nitrogen and oxygen atoms in total. The van der Waals surface area contributed by atoms with Crippen molar-refractivity contribution in [2.75, 3.05) is 0 Å². The number of primary amides is 1. The monoisotopic (exact) mass is 252 g/mol. The Morgan fingerprint density at radius 2 is 1.95 bits per heavy atom. The molecule has 19 heavy (non-hydrogen) atoms. The van der Waals surface area contributed by atoms with Crippen molar-refractivity contribution in [2.45, 2.75) is 6.54 Å². The molecule has 0 fully saturated rings. The molecule has 5 heteroatoms. The van der Waals surface area contributed by atoms with Gasteiger partial charge in [0.25, 0.3) is 0 Å². The summed E-state index contributed by atoms with van der Waals surface area (Å²) < 4.78 is 1.74. The predicted octanol–water partition coefficient (Wildman–Crippen LogP) is 1.58. The minimum atomic E-state index is -0.415. The highest BCUT2D eigenvalue weighted by Gasteiger charge is 2.14. The topological polar surface area (TPSA) is 73.8 Å². The smallest absolute Gasteiger partial charge is 0.237 e. The molecule has 0 aliphatic rings. The van der Waals surface area contributed by atoms with Crippen molar-refractivity contribution in [3.63, 3.8) is 0 Å². The van der Waals surface area contributed by atoms with Crippen LogP contribution in [0.4, 0.5) is 0 Å². The van der Waals surface area contributed by atoms with E-state index in [-0.39, 0.29) is 6.54 Å². The molecule has 0 spiro atoms. The van der Waals surface area contributed by atoms with E-state index in [1.807, 2.05) is 42.5 Å². The molecular formula is C14H12N4O. The van der Waals surface area contributed by atoms with E-state index in [2.05, 4.69) is 9.97 Å². The fourth-order valence-corrected chi connectivity index (χ4v) is 2.07. The summed E-state index contributed by atoms with van der Waals surface area (Å²) in [7, 11) is 0. The fraction of sp³-hybridized carbons (Fsp3) is 0.0714. The first-order valence-corrected chi connectivity index (χ1v) is 5.90. The molecule has 0 saturated heterocycles. The summed E-state index contributed by atoms with van der Waals surface area (Å²) in [4.78, 5) is 20.0. The zero-order valence-electron chi connectivity index (χ0n) is 10.2. The molecule has 0 saturated carbocycles. The van der Waals surface area contributed by atoms with Gasteiger partial charge in [0.15, 0.2) is 5.65 Å². The standard InChI is InChI=1S/C14H12N4O/c15-12(19)9-18-13(10-5-2-1-3-6-10)17-11-7-4-8-16-14(11)18/h1-8H,9H2,(H2,15,19). The summed E-state index contributed by atoms with van der Waals surface area (Å²) >= 11 is 0. The number of imidazole rings is 1. The number of hydrogen-bond donors (Lipinski definition) is 1. The molecule has 0 bridgehead atoms. The highest BCUT2D eigenvalue weighted by atomic mass is 16.1. The van der Waals surface area contributed by atoms with E-state index in [1.165, 1.54) is 0 Å². The van der Waals surface area contributed by atoms with Gasteiger partial charge in [0.05, 0.1) is 0 Å². The number of hydrogen-bond acceptors (Lipinski definition) is 3. The number of amides is 1. The van der Waals surface area contributed by atoms with Gasteiger partial charge in [0.2, 0.25) is 5.91 Å². The van der Waals surface area contributed by atoms with E-state index in [0.717, 1.165) is 11.1 Å². The van der Waals surface area contributed by atoms with Gasteiger partial charge in [0.1, 0.15) is 17.9 Å². The summed E-state index contributed by atoms with van der Waals surface area (Å²) in [5, 5.41) is 0. The maximum Gasteiger partial charge on any atom is 0.237 e. The average Bonchev–Trinajstić information content (AvgIpc) is 2.78. The third-order valence-electron chi connectivity index (χ3n) is 2.85. The van der Waals surface area contributed by atoms with Crippen LogP contribution in [-0.2, 0) is 11.3 Å². The first kappa shape index (κ1) is 11.4. The van der Waals surface area contributed by atoms with E-state index in [9.17, 15) is 4.79 Å². The van der Waals surface area contributed by atoms with Gasteiger partial charge in [-0.1, -0.05) is 30.3 Å². The first-order chi connectivity index (χ1) is 9.25. The number of fused-ring (bicyclic) bond motifs is 1. The molecule has 0 aliphatic carbocycles. The maximum atomic E-state index is 11.2. The van der Waals surface area contributed by atoms with Crippen LogP contribution in [0.15, 0.2) is 48.7 Å². The number of benzene rings is 1. The number of carbonyl (C=O) groups is 1. The van der Waals surface area contributed by atoms with Crippen LogP contribution < -0.4 is 5.73 Å². The van der Waals surface area contributed by atoms with Gasteiger partial charge in [0, 0.05) is 11.8 Å². The molecule has 0 atom stereocenters. The van der Waals surface area contributed by atoms with Crippen LogP contribution in [0.3, 0.4) is 0 Å². The lowest BCUT2D eigenvalue weighted by molar-refractivity contribution is -0.118. The van der Waals surface area contributed by atoms with Crippen LogP contribution in [0.25, 0.3) is 22.6 Å².